The highest BCUT2D eigenvalue weighted by Gasteiger charge is 2.26. The number of hydrogen-bond donors (Lipinski definition) is 1. The Balaban J connectivity index is 3.05. The minimum Gasteiger partial charge on any atom is -0.508 e. The third-order valence-corrected chi connectivity index (χ3v) is 2.70. The Morgan fingerprint density at radius 1 is 1.41 bits per heavy atom. The summed E-state index contributed by atoms with van der Waals surface area (Å²) in [5.41, 5.74) is 0.368. The highest BCUT2D eigenvalue weighted by atomic mass is 16.3. The van der Waals surface area contributed by atoms with Crippen LogP contribution in [0.3, 0.4) is 0 Å². The number of amides is 1. The first-order valence-corrected chi connectivity index (χ1v) is 5.61. The van der Waals surface area contributed by atoms with Crippen LogP contribution < -0.4 is 0 Å². The smallest absolute Gasteiger partial charge is 0.244 e. The van der Waals surface area contributed by atoms with Gasteiger partial charge in [-0.15, -0.1) is 0 Å². The number of hydrogen-bond acceptors (Lipinski definition) is 3. The Hall–Kier alpha value is -2.02. The number of rotatable bonds is 4. The minimum absolute atomic E-state index is 0.0143. The summed E-state index contributed by atoms with van der Waals surface area (Å²) in [6.07, 6.45) is 0. The van der Waals surface area contributed by atoms with Crippen molar-refractivity contribution in [2.75, 3.05) is 13.1 Å². The Kier molecular flexibility index (Phi) is 4.53. The van der Waals surface area contributed by atoms with Crippen LogP contribution in [0.15, 0.2) is 24.3 Å². The predicted octanol–water partition coefficient (Wildman–Crippen LogP) is 1.87. The Bertz CT molecular complexity index is 433. The molecule has 1 atom stereocenters. The molecular weight excluding hydrogens is 216 g/mol. The van der Waals surface area contributed by atoms with Gasteiger partial charge in [0.25, 0.3) is 0 Å². The molecule has 17 heavy (non-hydrogen) atoms. The zero-order valence-corrected chi connectivity index (χ0v) is 10.1. The lowest BCUT2D eigenvalue weighted by atomic mass is 9.98. The second-order valence-corrected chi connectivity index (χ2v) is 3.63. The number of para-hydroxylation sites is 1. The average Bonchev–Trinajstić information content (AvgIpc) is 2.34. The molecule has 0 radical (unpaired) electrons. The van der Waals surface area contributed by atoms with E-state index in [9.17, 15) is 9.90 Å². The maximum Gasteiger partial charge on any atom is 0.244 e. The Morgan fingerprint density at radius 2 is 2.00 bits per heavy atom. The fraction of sp³-hybridized carbons (Fsp3) is 0.385. The molecule has 1 amide bonds. The summed E-state index contributed by atoms with van der Waals surface area (Å²) in [6, 6.07) is 8.41. The predicted molar refractivity (Wildman–Crippen MR) is 64.4 cm³/mol. The van der Waals surface area contributed by atoms with E-state index in [4.69, 9.17) is 5.26 Å². The van der Waals surface area contributed by atoms with Crippen LogP contribution in [-0.2, 0) is 4.79 Å². The second kappa shape index (κ2) is 5.90. The number of benzene rings is 1. The van der Waals surface area contributed by atoms with Gasteiger partial charge in [-0.05, 0) is 19.9 Å². The van der Waals surface area contributed by atoms with E-state index in [1.54, 1.807) is 23.1 Å². The summed E-state index contributed by atoms with van der Waals surface area (Å²) in [7, 11) is 0. The highest BCUT2D eigenvalue weighted by Crippen LogP contribution is 2.26. The van der Waals surface area contributed by atoms with Crippen LogP contribution in [0.1, 0.15) is 25.3 Å². The van der Waals surface area contributed by atoms with E-state index in [-0.39, 0.29) is 11.7 Å². The quantitative estimate of drug-likeness (QED) is 0.861. The van der Waals surface area contributed by atoms with E-state index in [0.29, 0.717) is 18.7 Å². The third kappa shape index (κ3) is 2.76. The first kappa shape index (κ1) is 13.0. The van der Waals surface area contributed by atoms with Crippen LogP contribution in [0.4, 0.5) is 0 Å². The second-order valence-electron chi connectivity index (χ2n) is 3.63. The number of phenols is 1. The van der Waals surface area contributed by atoms with Crippen LogP contribution >= 0.6 is 0 Å². The number of carbonyl (C=O) groups excluding carboxylic acids is 1. The molecule has 90 valence electrons. The molecule has 0 heterocycles. The maximum atomic E-state index is 12.1. The van der Waals surface area contributed by atoms with E-state index >= 15 is 0 Å². The zero-order valence-electron chi connectivity index (χ0n) is 10.1. The molecule has 0 aliphatic rings. The summed E-state index contributed by atoms with van der Waals surface area (Å²) in [5, 5.41) is 18.8. The van der Waals surface area contributed by atoms with Crippen LogP contribution in [0.5, 0.6) is 5.75 Å². The van der Waals surface area contributed by atoms with Crippen molar-refractivity contribution in [2.45, 2.75) is 19.8 Å². The molecule has 1 aromatic rings. The zero-order chi connectivity index (χ0) is 12.8. The third-order valence-electron chi connectivity index (χ3n) is 2.70. The summed E-state index contributed by atoms with van der Waals surface area (Å²) in [5.74, 6) is -1.21. The minimum atomic E-state index is -0.934. The largest absolute Gasteiger partial charge is 0.508 e. The standard InChI is InChI=1S/C13H16N2O2/c1-3-15(4-2)13(17)11(9-14)10-7-5-6-8-12(10)16/h5-8,11,16H,3-4H2,1-2H3. The SMILES string of the molecule is CCN(CC)C(=O)C(C#N)c1ccccc1O. The van der Waals surface area contributed by atoms with E-state index in [0.717, 1.165) is 0 Å². The van der Waals surface area contributed by atoms with Crippen molar-refractivity contribution < 1.29 is 9.90 Å². The number of carbonyl (C=O) groups is 1. The fourth-order valence-corrected chi connectivity index (χ4v) is 1.71. The average molecular weight is 232 g/mol. The van der Waals surface area contributed by atoms with Crippen molar-refractivity contribution in [1.82, 2.24) is 4.90 Å². The van der Waals surface area contributed by atoms with Crippen LogP contribution in [0, 0.1) is 11.3 Å². The molecule has 0 aliphatic heterocycles. The first-order valence-electron chi connectivity index (χ1n) is 5.61. The van der Waals surface area contributed by atoms with Crippen LogP contribution in [-0.4, -0.2) is 29.0 Å². The molecule has 1 rings (SSSR count). The normalized spacial score (nSPS) is 11.6. The van der Waals surface area contributed by atoms with E-state index in [1.165, 1.54) is 6.07 Å². The van der Waals surface area contributed by atoms with Crippen LogP contribution in [0.25, 0.3) is 0 Å². The lowest BCUT2D eigenvalue weighted by Crippen LogP contribution is -2.34. The van der Waals surface area contributed by atoms with Gasteiger partial charge in [-0.3, -0.25) is 4.79 Å². The molecule has 0 saturated carbocycles. The van der Waals surface area contributed by atoms with Crippen molar-refractivity contribution in [3.8, 4) is 11.8 Å². The molecule has 1 unspecified atom stereocenters. The number of nitriles is 1. The van der Waals surface area contributed by atoms with Gasteiger partial charge in [0.2, 0.25) is 5.91 Å². The summed E-state index contributed by atoms with van der Waals surface area (Å²) in [6.45, 7) is 4.84. The monoisotopic (exact) mass is 232 g/mol. The van der Waals surface area contributed by atoms with Gasteiger partial charge in [-0.25, -0.2) is 0 Å². The van der Waals surface area contributed by atoms with Crippen molar-refractivity contribution in [2.24, 2.45) is 0 Å². The van der Waals surface area contributed by atoms with Crippen molar-refractivity contribution >= 4 is 5.91 Å². The van der Waals surface area contributed by atoms with Gasteiger partial charge in [0.15, 0.2) is 5.92 Å². The molecule has 0 fully saturated rings. The lowest BCUT2D eigenvalue weighted by molar-refractivity contribution is -0.131. The Morgan fingerprint density at radius 3 is 2.47 bits per heavy atom. The van der Waals surface area contributed by atoms with Gasteiger partial charge in [0.1, 0.15) is 5.75 Å². The van der Waals surface area contributed by atoms with Crippen LogP contribution in [0.2, 0.25) is 0 Å². The van der Waals surface area contributed by atoms with Crippen molar-refractivity contribution in [3.63, 3.8) is 0 Å². The molecule has 4 nitrogen and oxygen atoms in total. The number of phenolic OH excluding ortho intramolecular Hbond substituents is 1. The molecule has 0 spiro atoms. The van der Waals surface area contributed by atoms with E-state index in [2.05, 4.69) is 0 Å². The molecule has 1 N–H and O–H groups in total. The number of likely N-dealkylation sites (N-methyl/N-ethyl adjacent to an activating group) is 1. The van der Waals surface area contributed by atoms with Gasteiger partial charge in [0, 0.05) is 18.7 Å². The topological polar surface area (TPSA) is 64.3 Å². The molecule has 0 saturated heterocycles. The van der Waals surface area contributed by atoms with E-state index in [1.807, 2.05) is 19.9 Å². The molecule has 0 bridgehead atoms. The van der Waals surface area contributed by atoms with Gasteiger partial charge in [-0.2, -0.15) is 5.26 Å². The Labute approximate surface area is 101 Å². The van der Waals surface area contributed by atoms with Gasteiger partial charge < -0.3 is 10.0 Å². The fourth-order valence-electron chi connectivity index (χ4n) is 1.71. The van der Waals surface area contributed by atoms with E-state index < -0.39 is 5.92 Å². The molecule has 4 heteroatoms. The van der Waals surface area contributed by atoms with Crippen molar-refractivity contribution in [1.29, 1.82) is 5.26 Å². The summed E-state index contributed by atoms with van der Waals surface area (Å²) >= 11 is 0. The van der Waals surface area contributed by atoms with Crippen molar-refractivity contribution in [3.05, 3.63) is 29.8 Å². The summed E-state index contributed by atoms with van der Waals surface area (Å²) < 4.78 is 0. The number of aromatic hydroxyl groups is 1. The summed E-state index contributed by atoms with van der Waals surface area (Å²) in [4.78, 5) is 13.7. The van der Waals surface area contributed by atoms with Gasteiger partial charge in [-0.1, -0.05) is 18.2 Å². The first-order chi connectivity index (χ1) is 8.15. The van der Waals surface area contributed by atoms with Gasteiger partial charge in [0.05, 0.1) is 6.07 Å². The lowest BCUT2D eigenvalue weighted by Gasteiger charge is -2.21. The highest BCUT2D eigenvalue weighted by molar-refractivity contribution is 5.87. The number of nitrogens with zero attached hydrogens (tertiary/aromatic N) is 2. The molecular formula is C13H16N2O2. The molecule has 1 aromatic carbocycles. The molecule has 0 aromatic heterocycles. The maximum absolute atomic E-state index is 12.1. The molecule has 0 aliphatic carbocycles. The van der Waals surface area contributed by atoms with Gasteiger partial charge >= 0.3 is 0 Å².